The standard InChI is InChI=1S/C14H18ClN3O2/c1-3-4-7-19-12-6-5-10(15)8-11(12)13-17-14(9(2)16)20-18-13/h5-6,8-9H,3-4,7,16H2,1-2H3/t9-/m0/s1. The van der Waals surface area contributed by atoms with Gasteiger partial charge in [0.15, 0.2) is 0 Å². The Morgan fingerprint density at radius 3 is 2.90 bits per heavy atom. The molecule has 20 heavy (non-hydrogen) atoms. The third kappa shape index (κ3) is 3.49. The van der Waals surface area contributed by atoms with Crippen LogP contribution in [0, 0.1) is 0 Å². The minimum absolute atomic E-state index is 0.306. The highest BCUT2D eigenvalue weighted by molar-refractivity contribution is 6.30. The first-order valence-electron chi connectivity index (χ1n) is 6.63. The molecule has 0 radical (unpaired) electrons. The van der Waals surface area contributed by atoms with Crippen LogP contribution in [0.25, 0.3) is 11.4 Å². The molecule has 2 aromatic rings. The van der Waals surface area contributed by atoms with E-state index in [1.807, 2.05) is 6.07 Å². The van der Waals surface area contributed by atoms with Crippen molar-refractivity contribution in [1.29, 1.82) is 0 Å². The fourth-order valence-electron chi connectivity index (χ4n) is 1.66. The highest BCUT2D eigenvalue weighted by atomic mass is 35.5. The Morgan fingerprint density at radius 1 is 1.45 bits per heavy atom. The minimum Gasteiger partial charge on any atom is -0.493 e. The fourth-order valence-corrected chi connectivity index (χ4v) is 1.83. The van der Waals surface area contributed by atoms with Gasteiger partial charge < -0.3 is 15.0 Å². The molecule has 0 amide bonds. The first-order chi connectivity index (χ1) is 9.61. The van der Waals surface area contributed by atoms with E-state index in [9.17, 15) is 0 Å². The van der Waals surface area contributed by atoms with Crippen molar-refractivity contribution in [1.82, 2.24) is 10.1 Å². The highest BCUT2D eigenvalue weighted by Gasteiger charge is 2.16. The summed E-state index contributed by atoms with van der Waals surface area (Å²) in [6.07, 6.45) is 2.05. The molecule has 1 aromatic heterocycles. The van der Waals surface area contributed by atoms with Crippen LogP contribution < -0.4 is 10.5 Å². The SMILES string of the molecule is CCCCOc1ccc(Cl)cc1-c1noc([C@H](C)N)n1. The average molecular weight is 296 g/mol. The van der Waals surface area contributed by atoms with Gasteiger partial charge >= 0.3 is 0 Å². The lowest BCUT2D eigenvalue weighted by molar-refractivity contribution is 0.310. The van der Waals surface area contributed by atoms with E-state index in [2.05, 4.69) is 17.1 Å². The minimum atomic E-state index is -0.306. The number of benzene rings is 1. The number of ether oxygens (including phenoxy) is 1. The van der Waals surface area contributed by atoms with Gasteiger partial charge in [-0.05, 0) is 31.5 Å². The zero-order chi connectivity index (χ0) is 14.5. The van der Waals surface area contributed by atoms with Crippen molar-refractivity contribution in [3.05, 3.63) is 29.1 Å². The van der Waals surface area contributed by atoms with Gasteiger partial charge in [-0.1, -0.05) is 30.1 Å². The summed E-state index contributed by atoms with van der Waals surface area (Å²) in [5.41, 5.74) is 6.43. The average Bonchev–Trinajstić information content (AvgIpc) is 2.90. The van der Waals surface area contributed by atoms with E-state index in [0.717, 1.165) is 12.8 Å². The summed E-state index contributed by atoms with van der Waals surface area (Å²) in [6.45, 7) is 4.54. The number of rotatable bonds is 6. The summed E-state index contributed by atoms with van der Waals surface area (Å²) in [7, 11) is 0. The van der Waals surface area contributed by atoms with Crippen molar-refractivity contribution in [2.24, 2.45) is 5.73 Å². The van der Waals surface area contributed by atoms with Crippen LogP contribution in [0.1, 0.15) is 38.6 Å². The quantitative estimate of drug-likeness (QED) is 0.824. The molecule has 0 saturated heterocycles. The summed E-state index contributed by atoms with van der Waals surface area (Å²) >= 11 is 6.03. The predicted molar refractivity (Wildman–Crippen MR) is 77.7 cm³/mol. The third-order valence-electron chi connectivity index (χ3n) is 2.77. The van der Waals surface area contributed by atoms with Gasteiger partial charge in [0.05, 0.1) is 18.2 Å². The van der Waals surface area contributed by atoms with E-state index in [0.29, 0.717) is 34.7 Å². The summed E-state index contributed by atoms with van der Waals surface area (Å²) in [5, 5.41) is 4.53. The van der Waals surface area contributed by atoms with Crippen LogP contribution >= 0.6 is 11.6 Å². The van der Waals surface area contributed by atoms with E-state index in [1.54, 1.807) is 19.1 Å². The number of nitrogens with zero attached hydrogens (tertiary/aromatic N) is 2. The topological polar surface area (TPSA) is 74.2 Å². The van der Waals surface area contributed by atoms with Crippen LogP contribution in [-0.2, 0) is 0 Å². The molecule has 2 N–H and O–H groups in total. The van der Waals surface area contributed by atoms with Gasteiger partial charge in [-0.3, -0.25) is 0 Å². The second-order valence-electron chi connectivity index (χ2n) is 4.59. The molecule has 0 bridgehead atoms. The predicted octanol–water partition coefficient (Wildman–Crippen LogP) is 3.59. The van der Waals surface area contributed by atoms with Crippen molar-refractivity contribution in [2.75, 3.05) is 6.61 Å². The number of unbranched alkanes of at least 4 members (excludes halogenated alkanes) is 1. The van der Waals surface area contributed by atoms with E-state index < -0.39 is 0 Å². The van der Waals surface area contributed by atoms with Crippen LogP contribution in [0.2, 0.25) is 5.02 Å². The Morgan fingerprint density at radius 2 is 2.25 bits per heavy atom. The van der Waals surface area contributed by atoms with E-state index in [4.69, 9.17) is 26.6 Å². The maximum absolute atomic E-state index is 6.03. The Hall–Kier alpha value is -1.59. The zero-order valence-electron chi connectivity index (χ0n) is 11.6. The maximum Gasteiger partial charge on any atom is 0.243 e. The molecule has 0 fully saturated rings. The molecular weight excluding hydrogens is 278 g/mol. The largest absolute Gasteiger partial charge is 0.493 e. The van der Waals surface area contributed by atoms with Gasteiger partial charge in [0.2, 0.25) is 11.7 Å². The van der Waals surface area contributed by atoms with Crippen LogP contribution in [0.3, 0.4) is 0 Å². The van der Waals surface area contributed by atoms with Crippen molar-refractivity contribution in [3.8, 4) is 17.1 Å². The number of nitrogens with two attached hydrogens (primary N) is 1. The van der Waals surface area contributed by atoms with E-state index in [-0.39, 0.29) is 6.04 Å². The number of hydrogen-bond acceptors (Lipinski definition) is 5. The summed E-state index contributed by atoms with van der Waals surface area (Å²) in [6, 6.07) is 5.05. The molecule has 1 heterocycles. The summed E-state index contributed by atoms with van der Waals surface area (Å²) in [5.74, 6) is 1.52. The highest BCUT2D eigenvalue weighted by Crippen LogP contribution is 2.31. The lowest BCUT2D eigenvalue weighted by atomic mass is 10.2. The third-order valence-corrected chi connectivity index (χ3v) is 3.00. The zero-order valence-corrected chi connectivity index (χ0v) is 12.4. The number of hydrogen-bond donors (Lipinski definition) is 1. The van der Waals surface area contributed by atoms with Crippen molar-refractivity contribution in [3.63, 3.8) is 0 Å². The van der Waals surface area contributed by atoms with Gasteiger partial charge in [-0.25, -0.2) is 0 Å². The molecule has 108 valence electrons. The van der Waals surface area contributed by atoms with Crippen LogP contribution in [-0.4, -0.2) is 16.7 Å². The summed E-state index contributed by atoms with van der Waals surface area (Å²) in [4.78, 5) is 4.27. The Labute approximate surface area is 123 Å². The molecule has 1 aromatic carbocycles. The smallest absolute Gasteiger partial charge is 0.243 e. The fraction of sp³-hybridized carbons (Fsp3) is 0.429. The van der Waals surface area contributed by atoms with Crippen LogP contribution in [0.5, 0.6) is 5.75 Å². The molecule has 0 aliphatic rings. The molecule has 5 nitrogen and oxygen atoms in total. The lowest BCUT2D eigenvalue weighted by Crippen LogP contribution is -2.05. The Kier molecular flexibility index (Phi) is 4.98. The number of aromatic nitrogens is 2. The summed E-state index contributed by atoms with van der Waals surface area (Å²) < 4.78 is 10.9. The van der Waals surface area contributed by atoms with E-state index in [1.165, 1.54) is 0 Å². The normalized spacial score (nSPS) is 12.4. The van der Waals surface area contributed by atoms with Crippen LogP contribution in [0.15, 0.2) is 22.7 Å². The van der Waals surface area contributed by atoms with Crippen molar-refractivity contribution < 1.29 is 9.26 Å². The van der Waals surface area contributed by atoms with Gasteiger partial charge in [-0.2, -0.15) is 4.98 Å². The lowest BCUT2D eigenvalue weighted by Gasteiger charge is -2.09. The van der Waals surface area contributed by atoms with Gasteiger partial charge in [-0.15, -0.1) is 0 Å². The molecular formula is C14H18ClN3O2. The monoisotopic (exact) mass is 295 g/mol. The molecule has 1 atom stereocenters. The van der Waals surface area contributed by atoms with Gasteiger partial charge in [0.1, 0.15) is 5.75 Å². The molecule has 0 saturated carbocycles. The van der Waals surface area contributed by atoms with Crippen molar-refractivity contribution >= 4 is 11.6 Å². The van der Waals surface area contributed by atoms with Crippen LogP contribution in [0.4, 0.5) is 0 Å². The van der Waals surface area contributed by atoms with Gasteiger partial charge in [0.25, 0.3) is 0 Å². The molecule has 0 aliphatic carbocycles. The van der Waals surface area contributed by atoms with Gasteiger partial charge in [0, 0.05) is 5.02 Å². The molecule has 6 heteroatoms. The number of halogens is 1. The van der Waals surface area contributed by atoms with E-state index >= 15 is 0 Å². The first-order valence-corrected chi connectivity index (χ1v) is 7.01. The molecule has 0 spiro atoms. The maximum atomic E-state index is 6.03. The van der Waals surface area contributed by atoms with Crippen molar-refractivity contribution in [2.45, 2.75) is 32.7 Å². The Bertz CT molecular complexity index is 569. The second-order valence-corrected chi connectivity index (χ2v) is 5.02. The Balaban J connectivity index is 2.29. The molecule has 0 aliphatic heterocycles. The second kappa shape index (κ2) is 6.72. The molecule has 0 unspecified atom stereocenters. The first kappa shape index (κ1) is 14.8. The molecule has 2 rings (SSSR count).